The third-order valence-electron chi connectivity index (χ3n) is 5.02. The molecule has 7 heteroatoms. The van der Waals surface area contributed by atoms with Crippen LogP contribution in [0.5, 0.6) is 0 Å². The highest BCUT2D eigenvalue weighted by molar-refractivity contribution is 7.92. The van der Waals surface area contributed by atoms with Crippen LogP contribution >= 0.6 is 0 Å². The van der Waals surface area contributed by atoms with Crippen molar-refractivity contribution in [3.8, 4) is 0 Å². The first-order valence-electron chi connectivity index (χ1n) is 8.14. The molecule has 0 heterocycles. The van der Waals surface area contributed by atoms with Gasteiger partial charge in [0.25, 0.3) is 0 Å². The molecule has 0 atom stereocenters. The van der Waals surface area contributed by atoms with E-state index in [4.69, 9.17) is 0 Å². The molecule has 0 aromatic heterocycles. The van der Waals surface area contributed by atoms with Gasteiger partial charge in [0.15, 0.2) is 0 Å². The van der Waals surface area contributed by atoms with Gasteiger partial charge in [0.1, 0.15) is 0 Å². The standard InChI is InChI=1S/C16H31F3Si4/c1-20(2,3)23(21(4,5)6,22(7,8)9)15-12-10-14(11-13-15)16(17,18)19/h10-13H,1-9H3. The van der Waals surface area contributed by atoms with E-state index < -0.39 is 41.1 Å². The first-order valence-corrected chi connectivity index (χ1v) is 23.6. The van der Waals surface area contributed by atoms with Crippen molar-refractivity contribution in [2.24, 2.45) is 0 Å². The number of hydrogen-bond acceptors (Lipinski definition) is 0. The minimum absolute atomic E-state index is 0.522. The minimum Gasteiger partial charge on any atom is -0.166 e. The summed E-state index contributed by atoms with van der Waals surface area (Å²) in [6, 6.07) is 6.31. The van der Waals surface area contributed by atoms with Gasteiger partial charge in [-0.3, -0.25) is 0 Å². The molecule has 0 N–H and O–H groups in total. The van der Waals surface area contributed by atoms with Crippen LogP contribution in [0.2, 0.25) is 58.9 Å². The van der Waals surface area contributed by atoms with Crippen molar-refractivity contribution in [3.63, 3.8) is 0 Å². The third-order valence-corrected chi connectivity index (χ3v) is 76.3. The second-order valence-corrected chi connectivity index (χ2v) is 49.9. The molecule has 23 heavy (non-hydrogen) atoms. The van der Waals surface area contributed by atoms with Crippen LogP contribution in [0.25, 0.3) is 0 Å². The Balaban J connectivity index is 3.73. The van der Waals surface area contributed by atoms with Crippen LogP contribution in [-0.4, -0.2) is 29.4 Å². The first kappa shape index (κ1) is 20.9. The molecule has 1 aromatic rings. The number of benzene rings is 1. The smallest absolute Gasteiger partial charge is 0.166 e. The highest BCUT2D eigenvalue weighted by Crippen LogP contribution is 2.37. The van der Waals surface area contributed by atoms with Crippen LogP contribution in [0.3, 0.4) is 0 Å². The Hall–Kier alpha value is -0.122. The fourth-order valence-corrected chi connectivity index (χ4v) is 106. The zero-order valence-electron chi connectivity index (χ0n) is 15.9. The van der Waals surface area contributed by atoms with Gasteiger partial charge in [-0.1, -0.05) is 88.4 Å². The normalized spacial score (nSPS) is 15.0. The van der Waals surface area contributed by atoms with E-state index in [2.05, 4.69) is 58.9 Å². The molecule has 0 fully saturated rings. The third kappa shape index (κ3) is 3.62. The van der Waals surface area contributed by atoms with Crippen molar-refractivity contribution < 1.29 is 13.2 Å². The van der Waals surface area contributed by atoms with Crippen LogP contribution in [-0.2, 0) is 6.18 Å². The number of alkyl halides is 3. The Kier molecular flexibility index (Phi) is 5.45. The van der Waals surface area contributed by atoms with Gasteiger partial charge in [0.05, 0.1) is 12.2 Å². The van der Waals surface area contributed by atoms with E-state index in [1.54, 1.807) is 0 Å². The van der Waals surface area contributed by atoms with Crippen LogP contribution in [0.1, 0.15) is 5.56 Å². The fourth-order valence-electron chi connectivity index (χ4n) is 5.58. The maximum absolute atomic E-state index is 13.0. The van der Waals surface area contributed by atoms with Crippen LogP contribution in [0, 0.1) is 0 Å². The molecule has 0 bridgehead atoms. The number of hydrogen-bond donors (Lipinski definition) is 0. The Morgan fingerprint density at radius 1 is 0.609 bits per heavy atom. The van der Waals surface area contributed by atoms with Crippen molar-refractivity contribution >= 4 is 34.6 Å². The topological polar surface area (TPSA) is 0 Å². The number of halogens is 3. The summed E-state index contributed by atoms with van der Waals surface area (Å²) in [4.78, 5) is 0. The summed E-state index contributed by atoms with van der Waals surface area (Å²) < 4.78 is 38.9. The van der Waals surface area contributed by atoms with Crippen molar-refractivity contribution in [1.29, 1.82) is 0 Å². The Bertz CT molecular complexity index is 507. The zero-order valence-corrected chi connectivity index (χ0v) is 19.9. The maximum atomic E-state index is 13.0. The minimum atomic E-state index is -4.25. The first-order chi connectivity index (χ1) is 9.96. The predicted molar refractivity (Wildman–Crippen MR) is 107 cm³/mol. The quantitative estimate of drug-likeness (QED) is 0.584. The average Bonchev–Trinajstić information content (AvgIpc) is 2.22. The summed E-state index contributed by atoms with van der Waals surface area (Å²) in [6.07, 6.45) is -4.25. The lowest BCUT2D eigenvalue weighted by Crippen LogP contribution is -2.88. The van der Waals surface area contributed by atoms with Gasteiger partial charge in [-0.15, -0.1) is 0 Å². The van der Waals surface area contributed by atoms with Gasteiger partial charge in [0, 0.05) is 22.8 Å². The summed E-state index contributed by atoms with van der Waals surface area (Å²) in [5.41, 5.74) is -0.522. The molecule has 0 spiro atoms. The lowest BCUT2D eigenvalue weighted by atomic mass is 10.2. The molecule has 0 saturated heterocycles. The monoisotopic (exact) mass is 392 g/mol. The van der Waals surface area contributed by atoms with Gasteiger partial charge in [-0.25, -0.2) is 0 Å². The van der Waals surface area contributed by atoms with Crippen molar-refractivity contribution in [2.45, 2.75) is 65.1 Å². The van der Waals surface area contributed by atoms with E-state index in [0.717, 1.165) is 0 Å². The highest BCUT2D eigenvalue weighted by atomic mass is 29.9. The summed E-state index contributed by atoms with van der Waals surface area (Å²) in [6.45, 7) is 20.3. The van der Waals surface area contributed by atoms with Gasteiger partial charge >= 0.3 is 6.18 Å². The lowest BCUT2D eigenvalue weighted by molar-refractivity contribution is -0.137. The van der Waals surface area contributed by atoms with Gasteiger partial charge < -0.3 is 0 Å². The SMILES string of the molecule is C[Si](C)(C)[Si](c1ccc(C(F)(F)F)cc1)([Si](C)(C)C)[Si](C)(C)C. The molecule has 1 rings (SSSR count). The Morgan fingerprint density at radius 3 is 1.13 bits per heavy atom. The van der Waals surface area contributed by atoms with Crippen LogP contribution in [0.4, 0.5) is 13.2 Å². The molecular weight excluding hydrogens is 362 g/mol. The van der Waals surface area contributed by atoms with E-state index in [-0.39, 0.29) is 0 Å². The molecule has 0 saturated carbocycles. The van der Waals surface area contributed by atoms with Gasteiger partial charge in [-0.2, -0.15) is 13.2 Å². The molecule has 0 aliphatic carbocycles. The highest BCUT2D eigenvalue weighted by Gasteiger charge is 2.62. The molecule has 0 nitrogen and oxygen atoms in total. The molecule has 0 unspecified atom stereocenters. The van der Waals surface area contributed by atoms with Crippen molar-refractivity contribution in [3.05, 3.63) is 29.8 Å². The van der Waals surface area contributed by atoms with Crippen LogP contribution < -0.4 is 5.19 Å². The average molecular weight is 393 g/mol. The molecule has 0 amide bonds. The molecule has 0 radical (unpaired) electrons. The van der Waals surface area contributed by atoms with Gasteiger partial charge in [-0.05, 0) is 0 Å². The van der Waals surface area contributed by atoms with Crippen molar-refractivity contribution in [2.75, 3.05) is 0 Å². The maximum Gasteiger partial charge on any atom is 0.416 e. The Morgan fingerprint density at radius 2 is 0.913 bits per heavy atom. The second kappa shape index (κ2) is 6.00. The molecule has 1 aromatic carbocycles. The number of rotatable bonds is 4. The fraction of sp³-hybridized carbons (Fsp3) is 0.625. The van der Waals surface area contributed by atoms with E-state index in [9.17, 15) is 13.2 Å². The van der Waals surface area contributed by atoms with Crippen molar-refractivity contribution in [1.82, 2.24) is 0 Å². The predicted octanol–water partition coefficient (Wildman–Crippen LogP) is 5.61. The molecule has 132 valence electrons. The molecular formula is C16H31F3Si4. The zero-order chi connectivity index (χ0) is 18.5. The summed E-state index contributed by atoms with van der Waals surface area (Å²) in [5.74, 6) is 0. The van der Waals surface area contributed by atoms with E-state index in [1.807, 2.05) is 12.1 Å². The van der Waals surface area contributed by atoms with Crippen LogP contribution in [0.15, 0.2) is 24.3 Å². The second-order valence-electron chi connectivity index (χ2n) is 9.58. The lowest BCUT2D eigenvalue weighted by Gasteiger charge is -2.57. The summed E-state index contributed by atoms with van der Waals surface area (Å²) in [5, 5.41) is 1.29. The summed E-state index contributed by atoms with van der Waals surface area (Å²) in [7, 11) is -4.59. The van der Waals surface area contributed by atoms with E-state index in [0.29, 0.717) is 0 Å². The molecule has 0 aliphatic rings. The molecule has 0 aliphatic heterocycles. The summed E-state index contributed by atoms with van der Waals surface area (Å²) >= 11 is 0. The Labute approximate surface area is 142 Å². The van der Waals surface area contributed by atoms with E-state index in [1.165, 1.54) is 17.3 Å². The van der Waals surface area contributed by atoms with Gasteiger partial charge in [0.2, 0.25) is 0 Å². The largest absolute Gasteiger partial charge is 0.416 e. The van der Waals surface area contributed by atoms with E-state index >= 15 is 0 Å².